The molecule has 0 radical (unpaired) electrons. The minimum absolute atomic E-state index is 0.196. The van der Waals surface area contributed by atoms with E-state index in [4.69, 9.17) is 5.73 Å². The predicted octanol–water partition coefficient (Wildman–Crippen LogP) is -0.965. The number of aldehydes is 2. The second kappa shape index (κ2) is 6.48. The fourth-order valence-corrected chi connectivity index (χ4v) is 0.604. The van der Waals surface area contributed by atoms with Crippen molar-refractivity contribution >= 4 is 18.5 Å². The number of esters is 1. The third kappa shape index (κ3) is 4.56. The smallest absolute Gasteiger partial charge is 0.320 e. The van der Waals surface area contributed by atoms with Crippen LogP contribution >= 0.6 is 0 Å². The van der Waals surface area contributed by atoms with Gasteiger partial charge >= 0.3 is 5.97 Å². The molecular formula is C7H11NO4. The molecule has 0 rings (SSSR count). The highest BCUT2D eigenvalue weighted by molar-refractivity contribution is 5.74. The van der Waals surface area contributed by atoms with Crippen molar-refractivity contribution in [3.05, 3.63) is 0 Å². The van der Waals surface area contributed by atoms with E-state index in [2.05, 4.69) is 4.74 Å². The number of rotatable bonds is 6. The van der Waals surface area contributed by atoms with Crippen LogP contribution in [0.4, 0.5) is 0 Å². The van der Waals surface area contributed by atoms with Gasteiger partial charge in [-0.1, -0.05) is 0 Å². The molecule has 0 fully saturated rings. The second-order valence-electron chi connectivity index (χ2n) is 2.11. The van der Waals surface area contributed by atoms with Gasteiger partial charge in [0.25, 0.3) is 0 Å². The van der Waals surface area contributed by atoms with Crippen molar-refractivity contribution in [1.29, 1.82) is 0 Å². The van der Waals surface area contributed by atoms with E-state index in [1.165, 1.54) is 0 Å². The highest BCUT2D eigenvalue weighted by atomic mass is 16.5. The molecule has 12 heavy (non-hydrogen) atoms. The fourth-order valence-electron chi connectivity index (χ4n) is 0.604. The summed E-state index contributed by atoms with van der Waals surface area (Å²) in [7, 11) is 0. The van der Waals surface area contributed by atoms with Gasteiger partial charge in [-0.3, -0.25) is 9.59 Å². The Bertz CT molecular complexity index is 169. The van der Waals surface area contributed by atoms with Crippen LogP contribution in [0.5, 0.6) is 0 Å². The summed E-state index contributed by atoms with van der Waals surface area (Å²) in [6.45, 7) is -0.259. The summed E-state index contributed by atoms with van der Waals surface area (Å²) in [5, 5.41) is 0. The highest BCUT2D eigenvalue weighted by Crippen LogP contribution is 1.97. The number of nitrogens with two attached hydrogens (primary N) is 1. The molecule has 0 aliphatic carbocycles. The van der Waals surface area contributed by atoms with E-state index in [1.54, 1.807) is 0 Å². The second-order valence-corrected chi connectivity index (χ2v) is 2.11. The zero-order valence-electron chi connectivity index (χ0n) is 6.56. The first kappa shape index (κ1) is 10.8. The lowest BCUT2D eigenvalue weighted by Gasteiger charge is -2.08. The Morgan fingerprint density at radius 2 is 2.17 bits per heavy atom. The van der Waals surface area contributed by atoms with E-state index in [1.807, 2.05) is 0 Å². The van der Waals surface area contributed by atoms with Gasteiger partial charge in [-0.25, -0.2) is 0 Å². The standard InChI is InChI=1S/C7H11NO4/c8-4-7(11)12-6(5-10)2-1-3-9/h3,5-6H,1-2,4,8H2. The van der Waals surface area contributed by atoms with E-state index in [-0.39, 0.29) is 19.4 Å². The summed E-state index contributed by atoms with van der Waals surface area (Å²) >= 11 is 0. The molecule has 0 spiro atoms. The first-order chi connectivity index (χ1) is 5.74. The molecular weight excluding hydrogens is 162 g/mol. The molecule has 0 amide bonds. The summed E-state index contributed by atoms with van der Waals surface area (Å²) in [6, 6.07) is 0. The topological polar surface area (TPSA) is 86.5 Å². The first-order valence-electron chi connectivity index (χ1n) is 3.53. The zero-order chi connectivity index (χ0) is 9.40. The Kier molecular flexibility index (Phi) is 5.81. The molecule has 0 saturated carbocycles. The van der Waals surface area contributed by atoms with Crippen molar-refractivity contribution in [3.63, 3.8) is 0 Å². The average molecular weight is 173 g/mol. The van der Waals surface area contributed by atoms with Gasteiger partial charge in [-0.2, -0.15) is 0 Å². The van der Waals surface area contributed by atoms with Gasteiger partial charge in [-0.05, 0) is 6.42 Å². The molecule has 0 bridgehead atoms. The van der Waals surface area contributed by atoms with Crippen molar-refractivity contribution in [2.75, 3.05) is 6.54 Å². The molecule has 0 heterocycles. The summed E-state index contributed by atoms with van der Waals surface area (Å²) in [4.78, 5) is 30.7. The third-order valence-electron chi connectivity index (χ3n) is 1.17. The number of hydrogen-bond acceptors (Lipinski definition) is 5. The van der Waals surface area contributed by atoms with E-state index in [0.717, 1.165) is 0 Å². The van der Waals surface area contributed by atoms with Crippen molar-refractivity contribution in [1.82, 2.24) is 0 Å². The molecule has 0 aromatic rings. The fraction of sp³-hybridized carbons (Fsp3) is 0.571. The van der Waals surface area contributed by atoms with Crippen LogP contribution in [0.25, 0.3) is 0 Å². The summed E-state index contributed by atoms with van der Waals surface area (Å²) in [6.07, 6.45) is 0.718. The Morgan fingerprint density at radius 3 is 2.58 bits per heavy atom. The van der Waals surface area contributed by atoms with E-state index >= 15 is 0 Å². The van der Waals surface area contributed by atoms with Gasteiger partial charge in [0, 0.05) is 6.42 Å². The van der Waals surface area contributed by atoms with Crippen molar-refractivity contribution in [2.24, 2.45) is 5.73 Å². The molecule has 0 aliphatic heterocycles. The average Bonchev–Trinajstić information content (AvgIpc) is 2.11. The maximum Gasteiger partial charge on any atom is 0.320 e. The Labute approximate surface area is 69.9 Å². The van der Waals surface area contributed by atoms with Crippen LogP contribution in [-0.4, -0.2) is 31.2 Å². The summed E-state index contributed by atoms with van der Waals surface area (Å²) in [5.74, 6) is -0.641. The van der Waals surface area contributed by atoms with Crippen LogP contribution in [-0.2, 0) is 19.1 Å². The van der Waals surface area contributed by atoms with Crippen LogP contribution in [0.2, 0.25) is 0 Å². The maximum atomic E-state index is 10.5. The maximum absolute atomic E-state index is 10.5. The van der Waals surface area contributed by atoms with Gasteiger partial charge in [0.05, 0.1) is 6.54 Å². The highest BCUT2D eigenvalue weighted by Gasteiger charge is 2.10. The lowest BCUT2D eigenvalue weighted by molar-refractivity contribution is -0.150. The van der Waals surface area contributed by atoms with Crippen molar-refractivity contribution in [2.45, 2.75) is 18.9 Å². The lowest BCUT2D eigenvalue weighted by atomic mass is 10.2. The third-order valence-corrected chi connectivity index (χ3v) is 1.17. The largest absolute Gasteiger partial charge is 0.454 e. The van der Waals surface area contributed by atoms with Gasteiger partial charge in [0.15, 0.2) is 12.4 Å². The van der Waals surface area contributed by atoms with E-state index in [9.17, 15) is 14.4 Å². The minimum atomic E-state index is -0.841. The van der Waals surface area contributed by atoms with Crippen molar-refractivity contribution in [3.8, 4) is 0 Å². The van der Waals surface area contributed by atoms with Crippen LogP contribution in [0, 0.1) is 0 Å². The van der Waals surface area contributed by atoms with Gasteiger partial charge in [-0.15, -0.1) is 0 Å². The van der Waals surface area contributed by atoms with Crippen molar-refractivity contribution < 1.29 is 19.1 Å². The zero-order valence-corrected chi connectivity index (χ0v) is 6.56. The SMILES string of the molecule is NCC(=O)OC(C=O)CCC=O. The number of hydrogen-bond donors (Lipinski definition) is 1. The molecule has 0 saturated heterocycles. The van der Waals surface area contributed by atoms with Crippen LogP contribution in [0.3, 0.4) is 0 Å². The molecule has 68 valence electrons. The molecule has 0 aromatic carbocycles. The lowest BCUT2D eigenvalue weighted by Crippen LogP contribution is -2.25. The number of carbonyl (C=O) groups excluding carboxylic acids is 3. The monoisotopic (exact) mass is 173 g/mol. The predicted molar refractivity (Wildman–Crippen MR) is 40.3 cm³/mol. The Balaban J connectivity index is 3.73. The first-order valence-corrected chi connectivity index (χ1v) is 3.53. The van der Waals surface area contributed by atoms with Crippen LogP contribution in [0.15, 0.2) is 0 Å². The van der Waals surface area contributed by atoms with E-state index in [0.29, 0.717) is 12.6 Å². The number of carbonyl (C=O) groups is 3. The Morgan fingerprint density at radius 1 is 1.50 bits per heavy atom. The molecule has 5 heteroatoms. The normalized spacial score (nSPS) is 11.8. The minimum Gasteiger partial charge on any atom is -0.454 e. The van der Waals surface area contributed by atoms with E-state index < -0.39 is 12.1 Å². The molecule has 5 nitrogen and oxygen atoms in total. The summed E-state index contributed by atoms with van der Waals surface area (Å²) < 4.78 is 4.56. The van der Waals surface area contributed by atoms with Gasteiger partial charge < -0.3 is 15.3 Å². The van der Waals surface area contributed by atoms with Crippen LogP contribution < -0.4 is 5.73 Å². The molecule has 2 N–H and O–H groups in total. The van der Waals surface area contributed by atoms with Crippen LogP contribution in [0.1, 0.15) is 12.8 Å². The molecule has 1 unspecified atom stereocenters. The molecule has 0 aromatic heterocycles. The quantitative estimate of drug-likeness (QED) is 0.412. The van der Waals surface area contributed by atoms with Gasteiger partial charge in [0.1, 0.15) is 6.29 Å². The van der Waals surface area contributed by atoms with Gasteiger partial charge in [0.2, 0.25) is 0 Å². The molecule has 0 aliphatic rings. The summed E-state index contributed by atoms with van der Waals surface area (Å²) in [5.41, 5.74) is 4.94. The number of ether oxygens (including phenoxy) is 1. The Hall–Kier alpha value is -1.23. The molecule has 1 atom stereocenters.